The van der Waals surface area contributed by atoms with Crippen molar-refractivity contribution in [3.8, 4) is 27.6 Å². The van der Waals surface area contributed by atoms with E-state index in [4.69, 9.17) is 21.3 Å². The number of aromatic nitrogens is 1. The molecule has 1 aliphatic rings. The van der Waals surface area contributed by atoms with Crippen LogP contribution in [0.25, 0.3) is 21.8 Å². The summed E-state index contributed by atoms with van der Waals surface area (Å²) in [5, 5.41) is 6.33. The Hall–Kier alpha value is -3.68. The molecule has 3 aromatic carbocycles. The van der Waals surface area contributed by atoms with E-state index in [0.717, 1.165) is 21.8 Å². The maximum Gasteiger partial charge on any atom is 0.268 e. The number of nitrogens with zero attached hydrogens (tertiary/aromatic N) is 2. The number of carbonyl (C=O) groups is 2. The number of fused-ring (bicyclic) bond motifs is 1. The number of anilines is 2. The Labute approximate surface area is 212 Å². The zero-order chi connectivity index (χ0) is 24.5. The summed E-state index contributed by atoms with van der Waals surface area (Å²) in [5.41, 5.74) is 3.82. The predicted octanol–water partition coefficient (Wildman–Crippen LogP) is 6.27. The average Bonchev–Trinajstić information content (AvgIpc) is 3.37. The van der Waals surface area contributed by atoms with Crippen LogP contribution in [0.3, 0.4) is 0 Å². The molecule has 5 rings (SSSR count). The second-order valence-electron chi connectivity index (χ2n) is 8.23. The van der Waals surface area contributed by atoms with E-state index in [0.29, 0.717) is 22.1 Å². The average molecular weight is 504 g/mol. The Morgan fingerprint density at radius 3 is 2.57 bits per heavy atom. The minimum absolute atomic E-state index is 0.281. The van der Waals surface area contributed by atoms with Gasteiger partial charge in [-0.2, -0.15) is 0 Å². The van der Waals surface area contributed by atoms with Gasteiger partial charge in [-0.25, -0.2) is 4.98 Å². The fourth-order valence-electron chi connectivity index (χ4n) is 3.94. The molecule has 1 aliphatic heterocycles. The number of nitrogens with one attached hydrogen (secondary N) is 1. The molecule has 2 amide bonds. The number of rotatable bonds is 5. The zero-order valence-electron chi connectivity index (χ0n) is 19.1. The monoisotopic (exact) mass is 503 g/mol. The van der Waals surface area contributed by atoms with Crippen LogP contribution in [0.2, 0.25) is 5.02 Å². The quantitative estimate of drug-likeness (QED) is 0.348. The number of hydrogen-bond acceptors (Lipinski definition) is 5. The van der Waals surface area contributed by atoms with Crippen LogP contribution in [0.1, 0.15) is 13.8 Å². The Morgan fingerprint density at radius 2 is 1.83 bits per heavy atom. The van der Waals surface area contributed by atoms with E-state index in [1.54, 1.807) is 49.4 Å². The van der Waals surface area contributed by atoms with Gasteiger partial charge in [0.2, 0.25) is 5.91 Å². The second kappa shape index (κ2) is 9.52. The third kappa shape index (κ3) is 4.65. The lowest BCUT2D eigenvalue weighted by Crippen LogP contribution is -2.52. The lowest BCUT2D eigenvalue weighted by Gasteiger charge is -2.36. The molecule has 0 aliphatic carbocycles. The minimum atomic E-state index is -0.770. The maximum absolute atomic E-state index is 13.2. The van der Waals surface area contributed by atoms with Gasteiger partial charge in [-0.05, 0) is 56.3 Å². The van der Waals surface area contributed by atoms with E-state index >= 15 is 0 Å². The molecule has 8 heteroatoms. The third-order valence-electron chi connectivity index (χ3n) is 5.81. The summed E-state index contributed by atoms with van der Waals surface area (Å²) in [6.45, 7) is 3.39. The highest BCUT2D eigenvalue weighted by Gasteiger charge is 2.37. The summed E-state index contributed by atoms with van der Waals surface area (Å²) in [6, 6.07) is 21.6. The lowest BCUT2D eigenvalue weighted by molar-refractivity contribution is -0.128. The molecule has 4 aromatic rings. The molecule has 1 N–H and O–H groups in total. The van der Waals surface area contributed by atoms with Gasteiger partial charge < -0.3 is 10.1 Å². The summed E-state index contributed by atoms with van der Waals surface area (Å²) >= 11 is 7.50. The number of carbonyl (C=O) groups excluding carboxylic acids is 2. The normalized spacial score (nSPS) is 15.8. The number of halogens is 1. The van der Waals surface area contributed by atoms with E-state index in [2.05, 4.69) is 5.32 Å². The molecule has 176 valence electrons. The molecule has 2 unspecified atom stereocenters. The SMILES string of the molecule is CC1Oc2ccc(-c3csc(-c4ccccc4)n3)cc2N(C(C)C(=O)Nc2ccc(Cl)cc2)C1=O. The van der Waals surface area contributed by atoms with Gasteiger partial charge in [0.05, 0.1) is 11.4 Å². The van der Waals surface area contributed by atoms with E-state index in [9.17, 15) is 9.59 Å². The Kier molecular flexibility index (Phi) is 6.28. The fraction of sp³-hybridized carbons (Fsp3) is 0.148. The molecule has 0 saturated carbocycles. The molecular formula is C27H22ClN3O3S. The number of ether oxygens (including phenoxy) is 1. The third-order valence-corrected chi connectivity index (χ3v) is 6.95. The van der Waals surface area contributed by atoms with Crippen LogP contribution in [-0.4, -0.2) is 28.9 Å². The van der Waals surface area contributed by atoms with Crippen molar-refractivity contribution < 1.29 is 14.3 Å². The molecule has 0 spiro atoms. The van der Waals surface area contributed by atoms with Crippen LogP contribution >= 0.6 is 22.9 Å². The van der Waals surface area contributed by atoms with Crippen molar-refractivity contribution in [2.75, 3.05) is 10.2 Å². The number of benzene rings is 3. The van der Waals surface area contributed by atoms with Gasteiger partial charge >= 0.3 is 0 Å². The summed E-state index contributed by atoms with van der Waals surface area (Å²) in [7, 11) is 0. The molecule has 0 bridgehead atoms. The summed E-state index contributed by atoms with van der Waals surface area (Å²) in [6.07, 6.45) is -0.705. The Morgan fingerprint density at radius 1 is 1.09 bits per heavy atom. The summed E-state index contributed by atoms with van der Waals surface area (Å²) in [5.74, 6) is -0.0479. The summed E-state index contributed by atoms with van der Waals surface area (Å²) < 4.78 is 5.85. The van der Waals surface area contributed by atoms with Gasteiger partial charge in [0.15, 0.2) is 6.10 Å². The lowest BCUT2D eigenvalue weighted by atomic mass is 10.1. The van der Waals surface area contributed by atoms with Crippen molar-refractivity contribution in [1.82, 2.24) is 4.98 Å². The molecule has 0 fully saturated rings. The minimum Gasteiger partial charge on any atom is -0.479 e. The van der Waals surface area contributed by atoms with Crippen molar-refractivity contribution in [3.63, 3.8) is 0 Å². The molecular weight excluding hydrogens is 482 g/mol. The van der Waals surface area contributed by atoms with Crippen LogP contribution in [0.5, 0.6) is 5.75 Å². The first-order valence-corrected chi connectivity index (χ1v) is 12.4. The molecule has 1 aromatic heterocycles. The highest BCUT2D eigenvalue weighted by atomic mass is 35.5. The molecule has 35 heavy (non-hydrogen) atoms. The zero-order valence-corrected chi connectivity index (χ0v) is 20.6. The van der Waals surface area contributed by atoms with Gasteiger partial charge in [-0.15, -0.1) is 11.3 Å². The van der Waals surface area contributed by atoms with Gasteiger partial charge in [-0.3, -0.25) is 14.5 Å². The fourth-order valence-corrected chi connectivity index (χ4v) is 4.90. The van der Waals surface area contributed by atoms with Crippen LogP contribution in [-0.2, 0) is 9.59 Å². The molecule has 6 nitrogen and oxygen atoms in total. The van der Waals surface area contributed by atoms with Gasteiger partial charge in [-0.1, -0.05) is 41.9 Å². The van der Waals surface area contributed by atoms with E-state index in [1.807, 2.05) is 53.9 Å². The molecule has 0 saturated heterocycles. The van der Waals surface area contributed by atoms with Crippen LogP contribution in [0, 0.1) is 0 Å². The predicted molar refractivity (Wildman–Crippen MR) is 140 cm³/mol. The van der Waals surface area contributed by atoms with Gasteiger partial charge in [0.1, 0.15) is 16.8 Å². The second-order valence-corrected chi connectivity index (χ2v) is 9.52. The van der Waals surface area contributed by atoms with E-state index in [1.165, 1.54) is 4.90 Å². The largest absolute Gasteiger partial charge is 0.479 e. The van der Waals surface area contributed by atoms with Crippen molar-refractivity contribution in [2.45, 2.75) is 26.0 Å². The van der Waals surface area contributed by atoms with Gasteiger partial charge in [0.25, 0.3) is 5.91 Å². The first-order chi connectivity index (χ1) is 16.9. The van der Waals surface area contributed by atoms with E-state index < -0.39 is 12.1 Å². The number of amides is 2. The van der Waals surface area contributed by atoms with Crippen LogP contribution < -0.4 is 15.0 Å². The summed E-state index contributed by atoms with van der Waals surface area (Å²) in [4.78, 5) is 32.5. The number of thiazole rings is 1. The highest BCUT2D eigenvalue weighted by molar-refractivity contribution is 7.13. The Bertz CT molecular complexity index is 1390. The number of hydrogen-bond donors (Lipinski definition) is 1. The van der Waals surface area contributed by atoms with Crippen molar-refractivity contribution >= 4 is 46.1 Å². The van der Waals surface area contributed by atoms with Crippen molar-refractivity contribution in [1.29, 1.82) is 0 Å². The van der Waals surface area contributed by atoms with Crippen molar-refractivity contribution in [2.24, 2.45) is 0 Å². The highest BCUT2D eigenvalue weighted by Crippen LogP contribution is 2.39. The first-order valence-electron chi connectivity index (χ1n) is 11.1. The smallest absolute Gasteiger partial charge is 0.268 e. The molecule has 0 radical (unpaired) electrons. The van der Waals surface area contributed by atoms with Crippen LogP contribution in [0.4, 0.5) is 11.4 Å². The molecule has 2 atom stereocenters. The molecule has 2 heterocycles. The van der Waals surface area contributed by atoms with Crippen LogP contribution in [0.15, 0.2) is 78.2 Å². The Balaban J connectivity index is 1.46. The topological polar surface area (TPSA) is 71.5 Å². The first kappa shape index (κ1) is 23.1. The standard InChI is InChI=1S/C27H22ClN3O3S/c1-16(25(32)29-21-11-9-20(28)10-12-21)31-23-14-19(8-13-24(23)34-17(2)27(31)33)22-15-35-26(30-22)18-6-4-3-5-7-18/h3-17H,1-2H3,(H,29,32). The van der Waals surface area contributed by atoms with E-state index in [-0.39, 0.29) is 11.8 Å². The van der Waals surface area contributed by atoms with Crippen molar-refractivity contribution in [3.05, 3.63) is 83.2 Å². The van der Waals surface area contributed by atoms with Gasteiger partial charge in [0, 0.05) is 27.2 Å². The maximum atomic E-state index is 13.2.